The second-order valence-electron chi connectivity index (χ2n) is 4.37. The van der Waals surface area contributed by atoms with Crippen LogP contribution in [0.5, 0.6) is 0 Å². The van der Waals surface area contributed by atoms with Gasteiger partial charge < -0.3 is 9.47 Å². The molecule has 0 radical (unpaired) electrons. The van der Waals surface area contributed by atoms with E-state index in [1.807, 2.05) is 20.8 Å². The third-order valence-corrected chi connectivity index (χ3v) is 1.61. The Morgan fingerprint density at radius 3 is 2.29 bits per heavy atom. The van der Waals surface area contributed by atoms with Gasteiger partial charge in [0.2, 0.25) is 0 Å². The summed E-state index contributed by atoms with van der Waals surface area (Å²) in [4.78, 5) is 11.0. The van der Waals surface area contributed by atoms with Gasteiger partial charge >= 0.3 is 6.16 Å². The second-order valence-corrected chi connectivity index (χ2v) is 4.37. The van der Waals surface area contributed by atoms with E-state index in [1.54, 1.807) is 0 Å². The first kappa shape index (κ1) is 13.3. The monoisotopic (exact) mass is 202 g/mol. The molecule has 0 aliphatic rings. The molecule has 84 valence electrons. The molecule has 0 fully saturated rings. The van der Waals surface area contributed by atoms with Crippen molar-refractivity contribution in [1.82, 2.24) is 0 Å². The fraction of sp³-hybridized carbons (Fsp3) is 0.909. The van der Waals surface area contributed by atoms with Crippen LogP contribution in [0.15, 0.2) is 0 Å². The summed E-state index contributed by atoms with van der Waals surface area (Å²) in [7, 11) is 0. The lowest BCUT2D eigenvalue weighted by Gasteiger charge is -2.18. The highest BCUT2D eigenvalue weighted by Gasteiger charge is 2.16. The van der Waals surface area contributed by atoms with E-state index in [-0.39, 0.29) is 0 Å². The van der Waals surface area contributed by atoms with E-state index in [0.29, 0.717) is 6.61 Å². The van der Waals surface area contributed by atoms with Crippen molar-refractivity contribution in [2.24, 2.45) is 0 Å². The Morgan fingerprint density at radius 2 is 1.79 bits per heavy atom. The van der Waals surface area contributed by atoms with Gasteiger partial charge in [-0.25, -0.2) is 4.79 Å². The van der Waals surface area contributed by atoms with Crippen LogP contribution < -0.4 is 0 Å². The van der Waals surface area contributed by atoms with E-state index in [2.05, 4.69) is 6.92 Å². The smallest absolute Gasteiger partial charge is 0.434 e. The molecule has 0 bridgehead atoms. The van der Waals surface area contributed by atoms with E-state index >= 15 is 0 Å². The molecule has 0 unspecified atom stereocenters. The number of hydrogen-bond acceptors (Lipinski definition) is 3. The summed E-state index contributed by atoms with van der Waals surface area (Å²) in [5, 5.41) is 0. The Morgan fingerprint density at radius 1 is 1.14 bits per heavy atom. The van der Waals surface area contributed by atoms with Crippen molar-refractivity contribution in [3.05, 3.63) is 0 Å². The molecule has 0 aromatic rings. The molecule has 0 saturated carbocycles. The van der Waals surface area contributed by atoms with Crippen molar-refractivity contribution in [3.8, 4) is 0 Å². The summed E-state index contributed by atoms with van der Waals surface area (Å²) in [6.45, 7) is 8.09. The van der Waals surface area contributed by atoms with Crippen LogP contribution in [0.3, 0.4) is 0 Å². The number of unbranched alkanes of at least 4 members (excludes halogenated alkanes) is 3. The Bertz CT molecular complexity index is 158. The van der Waals surface area contributed by atoms with Crippen LogP contribution in [0.25, 0.3) is 0 Å². The maximum Gasteiger partial charge on any atom is 0.508 e. The van der Waals surface area contributed by atoms with Crippen LogP contribution in [0, 0.1) is 0 Å². The largest absolute Gasteiger partial charge is 0.508 e. The predicted molar refractivity (Wildman–Crippen MR) is 56.3 cm³/mol. The zero-order valence-electron chi connectivity index (χ0n) is 9.76. The average Bonchev–Trinajstić information content (AvgIpc) is 2.00. The first-order chi connectivity index (χ1) is 6.45. The van der Waals surface area contributed by atoms with Gasteiger partial charge in [-0.3, -0.25) is 0 Å². The van der Waals surface area contributed by atoms with E-state index in [9.17, 15) is 4.79 Å². The molecule has 0 amide bonds. The van der Waals surface area contributed by atoms with Gasteiger partial charge in [-0.1, -0.05) is 26.2 Å². The normalized spacial score (nSPS) is 11.1. The molecular formula is C11H22O3. The van der Waals surface area contributed by atoms with Gasteiger partial charge in [0.1, 0.15) is 5.60 Å². The highest BCUT2D eigenvalue weighted by molar-refractivity contribution is 5.60. The Labute approximate surface area is 86.8 Å². The lowest BCUT2D eigenvalue weighted by Crippen LogP contribution is -2.24. The fourth-order valence-corrected chi connectivity index (χ4v) is 0.964. The van der Waals surface area contributed by atoms with Gasteiger partial charge in [-0.15, -0.1) is 0 Å². The number of carbonyl (C=O) groups excluding carboxylic acids is 1. The summed E-state index contributed by atoms with van der Waals surface area (Å²) >= 11 is 0. The van der Waals surface area contributed by atoms with Gasteiger partial charge in [0.25, 0.3) is 0 Å². The summed E-state index contributed by atoms with van der Waals surface area (Å²) < 4.78 is 9.89. The van der Waals surface area contributed by atoms with Crippen molar-refractivity contribution in [3.63, 3.8) is 0 Å². The molecule has 0 heterocycles. The zero-order chi connectivity index (χ0) is 11.0. The van der Waals surface area contributed by atoms with E-state index in [1.165, 1.54) is 12.8 Å². The van der Waals surface area contributed by atoms with Crippen molar-refractivity contribution < 1.29 is 14.3 Å². The van der Waals surface area contributed by atoms with Crippen LogP contribution in [0.1, 0.15) is 53.4 Å². The molecular weight excluding hydrogens is 180 g/mol. The zero-order valence-corrected chi connectivity index (χ0v) is 9.76. The molecule has 0 atom stereocenters. The summed E-state index contributed by atoms with van der Waals surface area (Å²) in [6.07, 6.45) is 3.85. The molecule has 3 nitrogen and oxygen atoms in total. The molecule has 0 saturated heterocycles. The predicted octanol–water partition coefficient (Wildman–Crippen LogP) is 3.52. The van der Waals surface area contributed by atoms with Crippen LogP contribution in [0.4, 0.5) is 4.79 Å². The molecule has 0 aliphatic heterocycles. The van der Waals surface area contributed by atoms with Gasteiger partial charge in [0.15, 0.2) is 0 Å². The molecule has 14 heavy (non-hydrogen) atoms. The number of ether oxygens (including phenoxy) is 2. The molecule has 0 aromatic heterocycles. The second kappa shape index (κ2) is 6.68. The van der Waals surface area contributed by atoms with Crippen molar-refractivity contribution in [2.45, 2.75) is 59.0 Å². The standard InChI is InChI=1S/C11H22O3/c1-5-6-7-8-9-13-10(12)14-11(2,3)4/h5-9H2,1-4H3. The Hall–Kier alpha value is -0.730. The number of hydrogen-bond donors (Lipinski definition) is 0. The minimum Gasteiger partial charge on any atom is -0.434 e. The van der Waals surface area contributed by atoms with Gasteiger partial charge in [0.05, 0.1) is 6.61 Å². The van der Waals surface area contributed by atoms with E-state index in [4.69, 9.17) is 9.47 Å². The number of carbonyl (C=O) groups is 1. The van der Waals surface area contributed by atoms with Crippen LogP contribution in [0.2, 0.25) is 0 Å². The van der Waals surface area contributed by atoms with Crippen LogP contribution >= 0.6 is 0 Å². The molecule has 0 aromatic carbocycles. The third kappa shape index (κ3) is 9.36. The molecule has 0 N–H and O–H groups in total. The SMILES string of the molecule is CCCCCCOC(=O)OC(C)(C)C. The Kier molecular flexibility index (Phi) is 6.34. The molecule has 3 heteroatoms. The highest BCUT2D eigenvalue weighted by Crippen LogP contribution is 2.08. The van der Waals surface area contributed by atoms with Gasteiger partial charge in [0, 0.05) is 0 Å². The van der Waals surface area contributed by atoms with Gasteiger partial charge in [-0.2, -0.15) is 0 Å². The fourth-order valence-electron chi connectivity index (χ4n) is 0.964. The first-order valence-corrected chi connectivity index (χ1v) is 5.31. The molecule has 0 spiro atoms. The van der Waals surface area contributed by atoms with E-state index < -0.39 is 11.8 Å². The third-order valence-electron chi connectivity index (χ3n) is 1.61. The topological polar surface area (TPSA) is 35.5 Å². The Balaban J connectivity index is 3.36. The van der Waals surface area contributed by atoms with Crippen molar-refractivity contribution in [1.29, 1.82) is 0 Å². The number of rotatable bonds is 5. The van der Waals surface area contributed by atoms with Crippen molar-refractivity contribution >= 4 is 6.16 Å². The highest BCUT2D eigenvalue weighted by atomic mass is 16.7. The summed E-state index contributed by atoms with van der Waals surface area (Å²) in [5.41, 5.74) is -0.458. The lowest BCUT2D eigenvalue weighted by atomic mass is 10.2. The lowest BCUT2D eigenvalue weighted by molar-refractivity contribution is -0.00768. The summed E-state index contributed by atoms with van der Waals surface area (Å²) in [5.74, 6) is 0. The minimum absolute atomic E-state index is 0.458. The van der Waals surface area contributed by atoms with Crippen LogP contribution in [-0.2, 0) is 9.47 Å². The average molecular weight is 202 g/mol. The van der Waals surface area contributed by atoms with Crippen LogP contribution in [-0.4, -0.2) is 18.4 Å². The maximum atomic E-state index is 11.0. The maximum absolute atomic E-state index is 11.0. The first-order valence-electron chi connectivity index (χ1n) is 5.31. The summed E-state index contributed by atoms with van der Waals surface area (Å²) in [6, 6.07) is 0. The minimum atomic E-state index is -0.561. The quantitative estimate of drug-likeness (QED) is 0.505. The molecule has 0 aliphatic carbocycles. The molecule has 0 rings (SSSR count). The van der Waals surface area contributed by atoms with Crippen molar-refractivity contribution in [2.75, 3.05) is 6.61 Å². The van der Waals surface area contributed by atoms with Gasteiger partial charge in [-0.05, 0) is 27.2 Å². The van der Waals surface area contributed by atoms with E-state index in [0.717, 1.165) is 12.8 Å².